The zero-order valence-corrected chi connectivity index (χ0v) is 29.4. The first-order valence-corrected chi connectivity index (χ1v) is 17.4. The van der Waals surface area contributed by atoms with Crippen LogP contribution in [0.3, 0.4) is 0 Å². The highest BCUT2D eigenvalue weighted by atomic mass is 16.6. The third-order valence-electron chi connectivity index (χ3n) is 9.25. The Morgan fingerprint density at radius 3 is 2.31 bits per heavy atom. The minimum absolute atomic E-state index is 0.00394. The molecule has 4 aromatic carbocycles. The van der Waals surface area contributed by atoms with Gasteiger partial charge in [-0.25, -0.2) is 9.78 Å². The van der Waals surface area contributed by atoms with E-state index in [-0.39, 0.29) is 29.5 Å². The molecule has 2 aliphatic heterocycles. The number of benzene rings is 4. The Bertz CT molecular complexity index is 2160. The van der Waals surface area contributed by atoms with Crippen LogP contribution in [-0.4, -0.2) is 52.5 Å². The van der Waals surface area contributed by atoms with Gasteiger partial charge in [0.15, 0.2) is 0 Å². The predicted octanol–water partition coefficient (Wildman–Crippen LogP) is 9.08. The summed E-state index contributed by atoms with van der Waals surface area (Å²) in [5.74, 6) is -0.471. The lowest BCUT2D eigenvalue weighted by atomic mass is 9.95. The Hall–Kier alpha value is -5.60. The van der Waals surface area contributed by atoms with Crippen molar-refractivity contribution in [3.05, 3.63) is 126 Å². The van der Waals surface area contributed by atoms with Crippen LogP contribution < -0.4 is 4.90 Å². The lowest BCUT2D eigenvalue weighted by molar-refractivity contribution is -0.116. The number of hydrogen-bond donors (Lipinski definition) is 0. The quantitative estimate of drug-likeness (QED) is 0.166. The second-order valence-corrected chi connectivity index (χ2v) is 14.1. The zero-order valence-electron chi connectivity index (χ0n) is 29.4. The van der Waals surface area contributed by atoms with Gasteiger partial charge in [0.25, 0.3) is 0 Å². The number of Topliss-reactive ketones (excluding diaryl/α,β-unsaturated/α-hetero) is 1. The molecule has 0 atom stereocenters. The fraction of sp³-hybridized carbons (Fsp3) is 0.256. The molecule has 0 radical (unpaired) electrons. The van der Waals surface area contributed by atoms with Crippen LogP contribution in [0.15, 0.2) is 109 Å². The summed E-state index contributed by atoms with van der Waals surface area (Å²) in [6.45, 7) is 8.66. The van der Waals surface area contributed by atoms with Gasteiger partial charge < -0.3 is 14.4 Å². The fourth-order valence-electron chi connectivity index (χ4n) is 6.90. The number of para-hydroxylation sites is 1. The monoisotopic (exact) mass is 679 g/mol. The number of amides is 2. The van der Waals surface area contributed by atoms with E-state index in [1.54, 1.807) is 24.3 Å². The number of allylic oxidation sites excluding steroid dienone is 1. The Morgan fingerprint density at radius 1 is 0.863 bits per heavy atom. The molecule has 1 aromatic heterocycles. The number of carbonyl (C=O) groups is 3. The van der Waals surface area contributed by atoms with Gasteiger partial charge >= 0.3 is 6.09 Å². The normalized spacial score (nSPS) is 15.6. The van der Waals surface area contributed by atoms with E-state index in [9.17, 15) is 14.4 Å². The number of fused-ring (bicyclic) bond motifs is 2. The predicted molar refractivity (Wildman–Crippen MR) is 200 cm³/mol. The summed E-state index contributed by atoms with van der Waals surface area (Å²) in [6.07, 6.45) is 2.84. The summed E-state index contributed by atoms with van der Waals surface area (Å²) in [4.78, 5) is 48.3. The van der Waals surface area contributed by atoms with Crippen molar-refractivity contribution in [1.29, 1.82) is 0 Å². The number of ether oxygens (including phenoxy) is 2. The molecular formula is C43H41N3O5. The molecule has 0 aliphatic carbocycles. The Balaban J connectivity index is 1.35. The number of rotatable bonds is 6. The summed E-state index contributed by atoms with van der Waals surface area (Å²) in [5.41, 5.74) is 6.95. The number of pyridine rings is 1. The molecule has 0 spiro atoms. The minimum atomic E-state index is -0.629. The Morgan fingerprint density at radius 2 is 1.57 bits per heavy atom. The van der Waals surface area contributed by atoms with E-state index in [2.05, 4.69) is 36.4 Å². The number of carbonyl (C=O) groups excluding carboxylic acids is 3. The van der Waals surface area contributed by atoms with Gasteiger partial charge in [0.2, 0.25) is 11.7 Å². The molecule has 258 valence electrons. The van der Waals surface area contributed by atoms with Gasteiger partial charge in [-0.2, -0.15) is 0 Å². The smallest absolute Gasteiger partial charge is 0.410 e. The van der Waals surface area contributed by atoms with E-state index in [0.717, 1.165) is 51.6 Å². The van der Waals surface area contributed by atoms with E-state index in [1.165, 1.54) is 11.8 Å². The molecule has 8 nitrogen and oxygen atoms in total. The number of anilines is 1. The third-order valence-corrected chi connectivity index (χ3v) is 9.25. The first-order valence-electron chi connectivity index (χ1n) is 17.4. The summed E-state index contributed by atoms with van der Waals surface area (Å²) < 4.78 is 11.5. The standard InChI is InChI=1S/C43H41N3O5/c1-28(47)46-39-16-9-8-15-35(39)41(48)40(46)26-33-25-36(32-14-10-13-31(24-32)30-11-6-5-7-12-30)37-23-29(17-18-38(37)44-33)27-45(34-19-21-50-22-20-34)42(49)51-43(2,3)4/h5-18,23-26,34H,19-22,27H2,1-4H3/b40-26-. The van der Waals surface area contributed by atoms with Crippen LogP contribution in [0.5, 0.6) is 0 Å². The van der Waals surface area contributed by atoms with Crippen LogP contribution in [-0.2, 0) is 20.8 Å². The molecule has 0 bridgehead atoms. The van der Waals surface area contributed by atoms with Crippen molar-refractivity contribution in [2.75, 3.05) is 18.1 Å². The van der Waals surface area contributed by atoms with E-state index >= 15 is 0 Å². The van der Waals surface area contributed by atoms with Crippen molar-refractivity contribution in [3.8, 4) is 22.3 Å². The van der Waals surface area contributed by atoms with E-state index in [1.807, 2.05) is 74.2 Å². The number of ketones is 1. The highest BCUT2D eigenvalue weighted by Crippen LogP contribution is 2.37. The highest BCUT2D eigenvalue weighted by Gasteiger charge is 2.35. The van der Waals surface area contributed by atoms with Crippen LogP contribution in [0.2, 0.25) is 0 Å². The summed E-state index contributed by atoms with van der Waals surface area (Å²) >= 11 is 0. The molecule has 0 unspecified atom stereocenters. The van der Waals surface area contributed by atoms with Crippen LogP contribution in [0.4, 0.5) is 10.5 Å². The van der Waals surface area contributed by atoms with Gasteiger partial charge in [0.05, 0.1) is 22.6 Å². The molecule has 8 heteroatoms. The molecule has 2 aliphatic rings. The van der Waals surface area contributed by atoms with Crippen molar-refractivity contribution in [2.24, 2.45) is 0 Å². The molecule has 5 aromatic rings. The van der Waals surface area contributed by atoms with Crippen molar-refractivity contribution in [1.82, 2.24) is 9.88 Å². The van der Waals surface area contributed by atoms with Gasteiger partial charge in [0.1, 0.15) is 5.60 Å². The van der Waals surface area contributed by atoms with Crippen LogP contribution in [0.25, 0.3) is 39.2 Å². The summed E-state index contributed by atoms with van der Waals surface area (Å²) in [6, 6.07) is 33.7. The van der Waals surface area contributed by atoms with Crippen LogP contribution in [0, 0.1) is 0 Å². The number of nitrogens with zero attached hydrogens (tertiary/aromatic N) is 3. The average molecular weight is 680 g/mol. The SMILES string of the molecule is CC(=O)N1/C(=C\c2cc(-c3cccc(-c4ccccc4)c3)c3cc(CN(C(=O)OC(C)(C)C)C4CCOCC4)ccc3n2)C(=O)c2ccccc21. The maximum atomic E-state index is 13.6. The molecule has 3 heterocycles. The lowest BCUT2D eigenvalue weighted by Gasteiger charge is -2.35. The zero-order chi connectivity index (χ0) is 35.7. The topological polar surface area (TPSA) is 89.0 Å². The van der Waals surface area contributed by atoms with Crippen molar-refractivity contribution in [3.63, 3.8) is 0 Å². The molecular weight excluding hydrogens is 638 g/mol. The van der Waals surface area contributed by atoms with Gasteiger partial charge in [-0.1, -0.05) is 66.7 Å². The largest absolute Gasteiger partial charge is 0.444 e. The third kappa shape index (κ3) is 7.19. The minimum Gasteiger partial charge on any atom is -0.444 e. The maximum Gasteiger partial charge on any atom is 0.410 e. The van der Waals surface area contributed by atoms with Crippen molar-refractivity contribution in [2.45, 2.75) is 58.7 Å². The Labute approximate surface area is 298 Å². The molecule has 2 amide bonds. The molecule has 0 N–H and O–H groups in total. The van der Waals surface area contributed by atoms with Gasteiger partial charge in [-0.05, 0) is 104 Å². The maximum absolute atomic E-state index is 13.6. The first-order chi connectivity index (χ1) is 24.6. The highest BCUT2D eigenvalue weighted by molar-refractivity contribution is 6.26. The number of aromatic nitrogens is 1. The van der Waals surface area contributed by atoms with E-state index < -0.39 is 5.60 Å². The van der Waals surface area contributed by atoms with Gasteiger partial charge in [-0.15, -0.1) is 0 Å². The van der Waals surface area contributed by atoms with Gasteiger partial charge in [-0.3, -0.25) is 14.5 Å². The Kier molecular flexibility index (Phi) is 9.27. The van der Waals surface area contributed by atoms with Crippen LogP contribution >= 0.6 is 0 Å². The lowest BCUT2D eigenvalue weighted by Crippen LogP contribution is -2.45. The molecule has 0 saturated carbocycles. The molecule has 51 heavy (non-hydrogen) atoms. The summed E-state index contributed by atoms with van der Waals surface area (Å²) in [7, 11) is 0. The first kappa shape index (κ1) is 33.9. The van der Waals surface area contributed by atoms with Crippen LogP contribution in [0.1, 0.15) is 62.2 Å². The van der Waals surface area contributed by atoms with E-state index in [0.29, 0.717) is 36.7 Å². The fourth-order valence-corrected chi connectivity index (χ4v) is 6.90. The van der Waals surface area contributed by atoms with Crippen molar-refractivity contribution < 1.29 is 23.9 Å². The number of hydrogen-bond acceptors (Lipinski definition) is 6. The second kappa shape index (κ2) is 14.0. The second-order valence-electron chi connectivity index (χ2n) is 14.1. The molecule has 7 rings (SSSR count). The molecule has 1 saturated heterocycles. The van der Waals surface area contributed by atoms with E-state index in [4.69, 9.17) is 14.5 Å². The summed E-state index contributed by atoms with van der Waals surface area (Å²) in [5, 5.41) is 0.903. The molecule has 1 fully saturated rings. The van der Waals surface area contributed by atoms with Crippen molar-refractivity contribution >= 4 is 40.4 Å². The average Bonchev–Trinajstić information content (AvgIpc) is 3.41. The van der Waals surface area contributed by atoms with Gasteiger partial charge in [0, 0.05) is 43.7 Å².